The van der Waals surface area contributed by atoms with E-state index in [9.17, 15) is 4.79 Å². The largest absolute Gasteiger partial charge is 0.489 e. The van der Waals surface area contributed by atoms with Crippen LogP contribution in [0.25, 0.3) is 0 Å². The van der Waals surface area contributed by atoms with E-state index < -0.39 is 0 Å². The van der Waals surface area contributed by atoms with Gasteiger partial charge in [-0.3, -0.25) is 4.79 Å². The predicted octanol–water partition coefficient (Wildman–Crippen LogP) is 3.16. The Morgan fingerprint density at radius 1 is 1.04 bits per heavy atom. The second-order valence-corrected chi connectivity index (χ2v) is 5.59. The summed E-state index contributed by atoms with van der Waals surface area (Å²) in [5.74, 6) is 0.900. The highest BCUT2D eigenvalue weighted by molar-refractivity contribution is 5.85. The number of ether oxygens (including phenoxy) is 1. The Bertz CT molecular complexity index is 603. The summed E-state index contributed by atoms with van der Waals surface area (Å²) in [7, 11) is 1.85. The Labute approximate surface area is 150 Å². The molecule has 2 aromatic rings. The maximum atomic E-state index is 11.9. The second kappa shape index (κ2) is 10.7. The van der Waals surface area contributed by atoms with Crippen LogP contribution >= 0.6 is 12.4 Å². The summed E-state index contributed by atoms with van der Waals surface area (Å²) < 4.78 is 5.71. The molecule has 0 aliphatic carbocycles. The smallest absolute Gasteiger partial charge is 0.224 e. The van der Waals surface area contributed by atoms with Crippen LogP contribution in [0.1, 0.15) is 18.1 Å². The van der Waals surface area contributed by atoms with Crippen LogP contribution in [-0.2, 0) is 17.9 Å². The molecule has 2 aromatic carbocycles. The van der Waals surface area contributed by atoms with Gasteiger partial charge in [-0.05, 0) is 30.3 Å². The highest BCUT2D eigenvalue weighted by atomic mass is 35.5. The minimum Gasteiger partial charge on any atom is -0.489 e. The fraction of sp³-hybridized carbons (Fsp3) is 0.316. The molecule has 0 aliphatic heterocycles. The van der Waals surface area contributed by atoms with Gasteiger partial charge in [-0.15, -0.1) is 12.4 Å². The van der Waals surface area contributed by atoms with Crippen molar-refractivity contribution in [2.45, 2.75) is 20.1 Å². The van der Waals surface area contributed by atoms with Crippen LogP contribution in [0, 0.1) is 5.92 Å². The van der Waals surface area contributed by atoms with Gasteiger partial charge in [0.15, 0.2) is 0 Å². The zero-order chi connectivity index (χ0) is 16.5. The Kier molecular flexibility index (Phi) is 8.90. The number of nitrogens with one attached hydrogen (secondary N) is 2. The number of halogens is 1. The zero-order valence-corrected chi connectivity index (χ0v) is 14.9. The van der Waals surface area contributed by atoms with Crippen molar-refractivity contribution in [3.05, 3.63) is 65.7 Å². The van der Waals surface area contributed by atoms with E-state index in [1.807, 2.05) is 68.6 Å². The fourth-order valence-electron chi connectivity index (χ4n) is 2.20. The Morgan fingerprint density at radius 2 is 1.67 bits per heavy atom. The number of benzene rings is 2. The first-order valence-corrected chi connectivity index (χ1v) is 7.87. The molecule has 2 N–H and O–H groups in total. The highest BCUT2D eigenvalue weighted by Crippen LogP contribution is 2.12. The van der Waals surface area contributed by atoms with Crippen molar-refractivity contribution in [1.29, 1.82) is 0 Å². The molecule has 0 fully saturated rings. The molecule has 1 atom stereocenters. The Balaban J connectivity index is 0.00000288. The van der Waals surface area contributed by atoms with Crippen LogP contribution in [0.5, 0.6) is 5.75 Å². The van der Waals surface area contributed by atoms with Crippen LogP contribution < -0.4 is 15.4 Å². The van der Waals surface area contributed by atoms with E-state index in [0.29, 0.717) is 19.7 Å². The third-order valence-electron chi connectivity index (χ3n) is 3.60. The van der Waals surface area contributed by atoms with Gasteiger partial charge in [0.1, 0.15) is 12.4 Å². The number of carbonyl (C=O) groups is 1. The molecule has 0 aliphatic rings. The number of para-hydroxylation sites is 1. The summed E-state index contributed by atoms with van der Waals surface area (Å²) in [6, 6.07) is 17.9. The molecule has 4 nitrogen and oxygen atoms in total. The molecule has 1 amide bonds. The molecule has 5 heteroatoms. The Hall–Kier alpha value is -2.04. The first kappa shape index (κ1) is 20.0. The summed E-state index contributed by atoms with van der Waals surface area (Å²) in [5, 5.41) is 5.96. The van der Waals surface area contributed by atoms with Crippen LogP contribution in [0.2, 0.25) is 0 Å². The van der Waals surface area contributed by atoms with E-state index in [1.165, 1.54) is 0 Å². The van der Waals surface area contributed by atoms with E-state index in [2.05, 4.69) is 10.6 Å². The molecule has 24 heavy (non-hydrogen) atoms. The molecule has 0 heterocycles. The molecule has 0 spiro atoms. The first-order chi connectivity index (χ1) is 11.2. The SMILES string of the molecule is CNCC(C)C(=O)NCc1ccc(COc2ccccc2)cc1.Cl. The standard InChI is InChI=1S/C19H24N2O2.ClH/c1-15(12-20-2)19(22)21-13-16-8-10-17(11-9-16)14-23-18-6-4-3-5-7-18;/h3-11,15,20H,12-14H2,1-2H3,(H,21,22);1H. The topological polar surface area (TPSA) is 50.4 Å². The lowest BCUT2D eigenvalue weighted by molar-refractivity contribution is -0.124. The van der Waals surface area contributed by atoms with Crippen LogP contribution in [0.3, 0.4) is 0 Å². The maximum absolute atomic E-state index is 11.9. The van der Waals surface area contributed by atoms with Crippen LogP contribution in [0.15, 0.2) is 54.6 Å². The summed E-state index contributed by atoms with van der Waals surface area (Å²) in [6.07, 6.45) is 0. The molecule has 0 radical (unpaired) electrons. The number of rotatable bonds is 8. The van der Waals surface area contributed by atoms with Gasteiger partial charge >= 0.3 is 0 Å². The van der Waals surface area contributed by atoms with Gasteiger partial charge in [-0.25, -0.2) is 0 Å². The van der Waals surface area contributed by atoms with Crippen LogP contribution in [-0.4, -0.2) is 19.5 Å². The summed E-state index contributed by atoms with van der Waals surface area (Å²) in [6.45, 7) is 3.68. The van der Waals surface area contributed by atoms with Gasteiger partial charge in [0.05, 0.1) is 0 Å². The number of amides is 1. The maximum Gasteiger partial charge on any atom is 0.224 e. The van der Waals surface area contributed by atoms with E-state index >= 15 is 0 Å². The van der Waals surface area contributed by atoms with E-state index in [1.54, 1.807) is 0 Å². The molecule has 1 unspecified atom stereocenters. The monoisotopic (exact) mass is 348 g/mol. The van der Waals surface area contributed by atoms with Gasteiger partial charge in [0.2, 0.25) is 5.91 Å². The first-order valence-electron chi connectivity index (χ1n) is 7.87. The summed E-state index contributed by atoms with van der Waals surface area (Å²) >= 11 is 0. The van der Waals surface area contributed by atoms with Crippen molar-refractivity contribution in [1.82, 2.24) is 10.6 Å². The van der Waals surface area contributed by atoms with Crippen molar-refractivity contribution in [3.63, 3.8) is 0 Å². The lowest BCUT2D eigenvalue weighted by Crippen LogP contribution is -2.33. The van der Waals surface area contributed by atoms with Crippen molar-refractivity contribution in [3.8, 4) is 5.75 Å². The van der Waals surface area contributed by atoms with Gasteiger partial charge in [-0.2, -0.15) is 0 Å². The lowest BCUT2D eigenvalue weighted by Gasteiger charge is -2.12. The number of hydrogen-bond donors (Lipinski definition) is 2. The van der Waals surface area contributed by atoms with Crippen LogP contribution in [0.4, 0.5) is 0 Å². The fourth-order valence-corrected chi connectivity index (χ4v) is 2.20. The lowest BCUT2D eigenvalue weighted by atomic mass is 10.1. The molecule has 0 aromatic heterocycles. The van der Waals surface area contributed by atoms with Gasteiger partial charge < -0.3 is 15.4 Å². The van der Waals surface area contributed by atoms with Crippen molar-refractivity contribution >= 4 is 18.3 Å². The van der Waals surface area contributed by atoms with Gasteiger partial charge in [0, 0.05) is 19.0 Å². The Morgan fingerprint density at radius 3 is 2.29 bits per heavy atom. The minimum atomic E-state index is -0.0291. The average molecular weight is 349 g/mol. The molecule has 130 valence electrons. The molecule has 0 saturated heterocycles. The zero-order valence-electron chi connectivity index (χ0n) is 14.1. The summed E-state index contributed by atoms with van der Waals surface area (Å²) in [5.41, 5.74) is 2.19. The van der Waals surface area contributed by atoms with Gasteiger partial charge in [0.25, 0.3) is 0 Å². The molecular weight excluding hydrogens is 324 g/mol. The molecule has 0 bridgehead atoms. The normalized spacial score (nSPS) is 11.2. The second-order valence-electron chi connectivity index (χ2n) is 5.59. The third kappa shape index (κ3) is 6.60. The minimum absolute atomic E-state index is 0. The molecule has 2 rings (SSSR count). The van der Waals surface area contributed by atoms with Gasteiger partial charge in [-0.1, -0.05) is 49.4 Å². The predicted molar refractivity (Wildman–Crippen MR) is 99.4 cm³/mol. The molecule has 0 saturated carbocycles. The third-order valence-corrected chi connectivity index (χ3v) is 3.60. The van der Waals surface area contributed by atoms with E-state index in [4.69, 9.17) is 4.74 Å². The van der Waals surface area contributed by atoms with E-state index in [0.717, 1.165) is 16.9 Å². The quantitative estimate of drug-likeness (QED) is 0.770. The average Bonchev–Trinajstić information content (AvgIpc) is 2.60. The van der Waals surface area contributed by atoms with Crippen molar-refractivity contribution in [2.24, 2.45) is 5.92 Å². The summed E-state index contributed by atoms with van der Waals surface area (Å²) in [4.78, 5) is 11.9. The highest BCUT2D eigenvalue weighted by Gasteiger charge is 2.10. The van der Waals surface area contributed by atoms with Crippen molar-refractivity contribution in [2.75, 3.05) is 13.6 Å². The van der Waals surface area contributed by atoms with E-state index in [-0.39, 0.29) is 24.2 Å². The number of hydrogen-bond acceptors (Lipinski definition) is 3. The molecular formula is C19H25ClN2O2. The number of carbonyl (C=O) groups excluding carboxylic acids is 1. The van der Waals surface area contributed by atoms with Crippen molar-refractivity contribution < 1.29 is 9.53 Å².